The molecule has 4 atom stereocenters. The Bertz CT molecular complexity index is 660. The van der Waals surface area contributed by atoms with E-state index >= 15 is 0 Å². The van der Waals surface area contributed by atoms with E-state index in [9.17, 15) is 4.79 Å². The zero-order valence-corrected chi connectivity index (χ0v) is 19.7. The van der Waals surface area contributed by atoms with E-state index in [2.05, 4.69) is 55.9 Å². The van der Waals surface area contributed by atoms with Crippen LogP contribution in [0.15, 0.2) is 24.3 Å². The fourth-order valence-electron chi connectivity index (χ4n) is 5.52. The number of carbonyl (C=O) groups is 1. The molecule has 0 aliphatic carbocycles. The molecular formula is C22H34N2OSn. The van der Waals surface area contributed by atoms with E-state index in [0.29, 0.717) is 23.9 Å². The Kier molecular flexibility index (Phi) is 5.15. The van der Waals surface area contributed by atoms with Crippen molar-refractivity contribution < 1.29 is 4.79 Å². The van der Waals surface area contributed by atoms with Crippen LogP contribution in [0.3, 0.4) is 0 Å². The summed E-state index contributed by atoms with van der Waals surface area (Å²) in [4.78, 5) is 25.5. The summed E-state index contributed by atoms with van der Waals surface area (Å²) in [6.45, 7) is 1.94. The average molecular weight is 461 g/mol. The van der Waals surface area contributed by atoms with E-state index in [1.54, 1.807) is 3.58 Å². The third kappa shape index (κ3) is 3.34. The van der Waals surface area contributed by atoms with Crippen LogP contribution in [0.4, 0.5) is 0 Å². The molecule has 1 aromatic rings. The maximum atomic E-state index is 13.5. The summed E-state index contributed by atoms with van der Waals surface area (Å²) in [6, 6.07) is 10.6. The summed E-state index contributed by atoms with van der Waals surface area (Å²) in [7, 11) is 2.25. The average Bonchev–Trinajstić information content (AvgIpc) is 3.20. The number of amides is 1. The Morgan fingerprint density at radius 2 is 1.69 bits per heavy atom. The Morgan fingerprint density at radius 1 is 1.04 bits per heavy atom. The monoisotopic (exact) mass is 462 g/mol. The molecular weight excluding hydrogens is 427 g/mol. The zero-order valence-electron chi connectivity index (χ0n) is 16.9. The number of nitrogens with zero attached hydrogens (tertiary/aromatic N) is 2. The van der Waals surface area contributed by atoms with Gasteiger partial charge in [-0.15, -0.1) is 0 Å². The summed E-state index contributed by atoms with van der Waals surface area (Å²) < 4.78 is 1.58. The van der Waals surface area contributed by atoms with Crippen molar-refractivity contribution in [3.63, 3.8) is 0 Å². The van der Waals surface area contributed by atoms with Gasteiger partial charge < -0.3 is 0 Å². The normalized spacial score (nSPS) is 32.2. The minimum absolute atomic E-state index is 0.154. The fraction of sp³-hybridized carbons (Fsp3) is 0.682. The van der Waals surface area contributed by atoms with Gasteiger partial charge in [-0.05, 0) is 0 Å². The van der Waals surface area contributed by atoms with Crippen LogP contribution in [-0.4, -0.2) is 66.3 Å². The van der Waals surface area contributed by atoms with E-state index in [1.807, 2.05) is 0 Å². The number of hydrogen-bond donors (Lipinski definition) is 0. The first-order valence-corrected chi connectivity index (χ1v) is 20.5. The minimum atomic E-state index is -2.02. The van der Waals surface area contributed by atoms with Crippen molar-refractivity contribution in [3.8, 4) is 0 Å². The molecule has 3 fully saturated rings. The van der Waals surface area contributed by atoms with Crippen LogP contribution in [0.25, 0.3) is 0 Å². The molecule has 2 bridgehead atoms. The van der Waals surface area contributed by atoms with Gasteiger partial charge in [0.2, 0.25) is 0 Å². The predicted molar refractivity (Wildman–Crippen MR) is 111 cm³/mol. The van der Waals surface area contributed by atoms with Gasteiger partial charge in [0, 0.05) is 0 Å². The van der Waals surface area contributed by atoms with Gasteiger partial charge in [-0.2, -0.15) is 0 Å². The van der Waals surface area contributed by atoms with Crippen molar-refractivity contribution >= 4 is 27.9 Å². The quantitative estimate of drug-likeness (QED) is 0.645. The van der Waals surface area contributed by atoms with Crippen molar-refractivity contribution in [3.05, 3.63) is 29.8 Å². The van der Waals surface area contributed by atoms with Gasteiger partial charge in [0.1, 0.15) is 0 Å². The van der Waals surface area contributed by atoms with Crippen LogP contribution in [0.1, 0.15) is 43.6 Å². The predicted octanol–water partition coefficient (Wildman–Crippen LogP) is 3.42. The first-order chi connectivity index (χ1) is 12.4. The molecule has 3 aliphatic rings. The summed E-state index contributed by atoms with van der Waals surface area (Å²) >= 11 is -2.02. The van der Waals surface area contributed by atoms with Crippen LogP contribution < -0.4 is 3.58 Å². The van der Waals surface area contributed by atoms with Gasteiger partial charge in [0.25, 0.3) is 0 Å². The molecule has 0 radical (unpaired) electrons. The number of benzene rings is 1. The molecule has 4 rings (SSSR count). The molecule has 0 aromatic heterocycles. The SMILES string of the molecule is CN1C2CC[C@@H]1C[C@H](c1cc[c]([Sn]([CH3])([CH3])[CH3])cc1)C2C(=O)N1CCCC1. The van der Waals surface area contributed by atoms with Gasteiger partial charge in [-0.1, -0.05) is 0 Å². The van der Waals surface area contributed by atoms with Crippen molar-refractivity contribution in [1.82, 2.24) is 9.80 Å². The summed E-state index contributed by atoms with van der Waals surface area (Å²) in [5.74, 6) is 0.991. The topological polar surface area (TPSA) is 23.6 Å². The summed E-state index contributed by atoms with van der Waals surface area (Å²) in [6.07, 6.45) is 5.96. The number of fused-ring (bicyclic) bond motifs is 2. The van der Waals surface area contributed by atoms with E-state index in [4.69, 9.17) is 0 Å². The number of likely N-dealkylation sites (tertiary alicyclic amines) is 1. The fourth-order valence-corrected chi connectivity index (χ4v) is 8.85. The van der Waals surface area contributed by atoms with Crippen molar-refractivity contribution in [2.75, 3.05) is 20.1 Å². The number of carbonyl (C=O) groups excluding carboxylic acids is 1. The molecule has 1 amide bonds. The Balaban J connectivity index is 1.65. The van der Waals surface area contributed by atoms with Gasteiger partial charge in [-0.3, -0.25) is 0 Å². The second kappa shape index (κ2) is 7.12. The summed E-state index contributed by atoms with van der Waals surface area (Å²) in [5, 5.41) is 0. The van der Waals surface area contributed by atoms with Gasteiger partial charge in [0.05, 0.1) is 0 Å². The Hall–Kier alpha value is -0.551. The van der Waals surface area contributed by atoms with Crippen LogP contribution in [0.2, 0.25) is 14.8 Å². The van der Waals surface area contributed by atoms with Crippen molar-refractivity contribution in [2.24, 2.45) is 5.92 Å². The van der Waals surface area contributed by atoms with E-state index in [0.717, 1.165) is 19.5 Å². The molecule has 3 nitrogen and oxygen atoms in total. The second-order valence-corrected chi connectivity index (χ2v) is 24.2. The van der Waals surface area contributed by atoms with Crippen LogP contribution in [-0.2, 0) is 4.79 Å². The maximum absolute atomic E-state index is 13.5. The molecule has 0 N–H and O–H groups in total. The number of rotatable bonds is 3. The van der Waals surface area contributed by atoms with Crippen molar-refractivity contribution in [1.29, 1.82) is 0 Å². The van der Waals surface area contributed by atoms with Crippen LogP contribution in [0.5, 0.6) is 0 Å². The summed E-state index contributed by atoms with van der Waals surface area (Å²) in [5.41, 5.74) is 1.41. The zero-order chi connectivity index (χ0) is 18.5. The Morgan fingerprint density at radius 3 is 2.31 bits per heavy atom. The third-order valence-electron chi connectivity index (χ3n) is 7.18. The molecule has 142 valence electrons. The van der Waals surface area contributed by atoms with Gasteiger partial charge >= 0.3 is 163 Å². The molecule has 0 spiro atoms. The second-order valence-electron chi connectivity index (χ2n) is 9.74. The molecule has 1 aromatic carbocycles. The van der Waals surface area contributed by atoms with Crippen LogP contribution >= 0.6 is 0 Å². The van der Waals surface area contributed by atoms with Gasteiger partial charge in [0.15, 0.2) is 0 Å². The van der Waals surface area contributed by atoms with E-state index in [1.165, 1.54) is 31.2 Å². The molecule has 0 saturated carbocycles. The number of piperidine rings is 1. The van der Waals surface area contributed by atoms with Crippen molar-refractivity contribution in [2.45, 2.75) is 64.9 Å². The Labute approximate surface area is 163 Å². The number of hydrogen-bond acceptors (Lipinski definition) is 2. The standard InChI is InChI=1S/C19H25N2O.3CH3.Sn/c1-20-15-9-10-17(20)18(19(22)21-11-5-6-12-21)16(13-15)14-7-3-2-4-8-14;;;;/h3-4,7-8,15-18H,5-6,9-13H2,1H3;3*1H3;/t15-,16-,17?,18?;;;;/m1..../s1. The molecule has 3 saturated heterocycles. The first kappa shape index (κ1) is 18.8. The molecule has 3 heterocycles. The third-order valence-corrected chi connectivity index (χ3v) is 13.1. The van der Waals surface area contributed by atoms with E-state index < -0.39 is 18.4 Å². The van der Waals surface area contributed by atoms with E-state index in [-0.39, 0.29) is 5.92 Å². The molecule has 2 unspecified atom stereocenters. The first-order valence-electron chi connectivity index (χ1n) is 10.5. The molecule has 4 heteroatoms. The molecule has 26 heavy (non-hydrogen) atoms. The molecule has 3 aliphatic heterocycles. The van der Waals surface area contributed by atoms with Gasteiger partial charge in [-0.25, -0.2) is 0 Å². The van der Waals surface area contributed by atoms with Crippen LogP contribution in [0, 0.1) is 5.92 Å².